The fourth-order valence-corrected chi connectivity index (χ4v) is 4.41. The van der Waals surface area contributed by atoms with E-state index < -0.39 is 0 Å². The Hall–Kier alpha value is -3.54. The molecule has 0 spiro atoms. The van der Waals surface area contributed by atoms with Gasteiger partial charge in [0.2, 0.25) is 0 Å². The maximum Gasteiger partial charge on any atom is 0.142 e. The SMILES string of the molecule is C.C.C1=CCC=CC1.C=CC=C.C=CC=O.O=CC1CC=CCC1.O=CC1CCC(C=O)CC1.O=CC1CCCC(C=O)C1. The molecule has 3 atom stereocenters. The Morgan fingerprint density at radius 2 is 0.841 bits per heavy atom. The van der Waals surface area contributed by atoms with Gasteiger partial charge in [-0.2, -0.15) is 0 Å². The maximum absolute atomic E-state index is 10.3. The number of carbonyl (C=O) groups excluding carboxylic acids is 6. The molecule has 248 valence electrons. The third-order valence-electron chi connectivity index (χ3n) is 6.98. The van der Waals surface area contributed by atoms with Crippen molar-refractivity contribution in [1.82, 2.24) is 0 Å². The molecule has 6 nitrogen and oxygen atoms in total. The van der Waals surface area contributed by atoms with Gasteiger partial charge in [-0.25, -0.2) is 0 Å². The lowest BCUT2D eigenvalue weighted by molar-refractivity contribution is -0.115. The van der Waals surface area contributed by atoms with Crippen molar-refractivity contribution in [3.8, 4) is 0 Å². The third kappa shape index (κ3) is 29.9. The molecule has 0 aromatic carbocycles. The first-order valence-corrected chi connectivity index (χ1v) is 15.0. The quantitative estimate of drug-likeness (QED) is 0.123. The second kappa shape index (κ2) is 37.5. The van der Waals surface area contributed by atoms with Crippen molar-refractivity contribution in [3.05, 3.63) is 74.4 Å². The molecule has 0 amide bonds. The first-order valence-electron chi connectivity index (χ1n) is 15.0. The lowest BCUT2D eigenvalue weighted by Gasteiger charge is -2.20. The highest BCUT2D eigenvalue weighted by molar-refractivity contribution is 5.63. The highest BCUT2D eigenvalue weighted by atomic mass is 16.1. The molecule has 2 fully saturated rings. The molecule has 4 aliphatic rings. The van der Waals surface area contributed by atoms with E-state index in [1.807, 2.05) is 0 Å². The minimum atomic E-state index is 0. The van der Waals surface area contributed by atoms with E-state index in [0.29, 0.717) is 12.2 Å². The van der Waals surface area contributed by atoms with Gasteiger partial charge < -0.3 is 24.0 Å². The highest BCUT2D eigenvalue weighted by Crippen LogP contribution is 2.26. The highest BCUT2D eigenvalue weighted by Gasteiger charge is 2.20. The van der Waals surface area contributed by atoms with Crippen molar-refractivity contribution in [2.75, 3.05) is 0 Å². The second-order valence-corrected chi connectivity index (χ2v) is 10.3. The summed E-state index contributed by atoms with van der Waals surface area (Å²) in [5, 5.41) is 0. The molecule has 0 saturated heterocycles. The molecular weight excluding hydrogens is 552 g/mol. The summed E-state index contributed by atoms with van der Waals surface area (Å²) in [7, 11) is 0. The van der Waals surface area contributed by atoms with Gasteiger partial charge in [0.25, 0.3) is 0 Å². The second-order valence-electron chi connectivity index (χ2n) is 10.3. The molecule has 4 aliphatic carbocycles. The van der Waals surface area contributed by atoms with Crippen LogP contribution < -0.4 is 0 Å². The van der Waals surface area contributed by atoms with Gasteiger partial charge in [-0.15, -0.1) is 0 Å². The van der Waals surface area contributed by atoms with Gasteiger partial charge in [0.1, 0.15) is 37.7 Å². The Morgan fingerprint density at radius 1 is 0.455 bits per heavy atom. The molecule has 0 aromatic heterocycles. The van der Waals surface area contributed by atoms with Crippen LogP contribution in [0.25, 0.3) is 0 Å². The average molecular weight is 613 g/mol. The summed E-state index contributed by atoms with van der Waals surface area (Å²) in [5.41, 5.74) is 0. The summed E-state index contributed by atoms with van der Waals surface area (Å²) >= 11 is 0. The van der Waals surface area contributed by atoms with Gasteiger partial charge in [-0.1, -0.05) is 89.6 Å². The van der Waals surface area contributed by atoms with E-state index >= 15 is 0 Å². The fourth-order valence-electron chi connectivity index (χ4n) is 4.41. The predicted molar refractivity (Wildman–Crippen MR) is 185 cm³/mol. The Labute approximate surface area is 268 Å². The largest absolute Gasteiger partial charge is 0.303 e. The lowest BCUT2D eigenvalue weighted by Crippen LogP contribution is -2.17. The summed E-state index contributed by atoms with van der Waals surface area (Å²) in [5.74, 6) is 1.10. The fraction of sp³-hybridized carbons (Fsp3) is 0.526. The molecule has 6 heteroatoms. The van der Waals surface area contributed by atoms with Crippen LogP contribution in [0.2, 0.25) is 0 Å². The van der Waals surface area contributed by atoms with Crippen molar-refractivity contribution in [2.24, 2.45) is 29.6 Å². The normalized spacial score (nSPS) is 23.6. The smallest absolute Gasteiger partial charge is 0.142 e. The average Bonchev–Trinajstić information content (AvgIpc) is 3.10. The molecule has 0 aliphatic heterocycles. The van der Waals surface area contributed by atoms with Crippen molar-refractivity contribution >= 4 is 37.7 Å². The van der Waals surface area contributed by atoms with Crippen LogP contribution in [0.15, 0.2) is 74.4 Å². The van der Waals surface area contributed by atoms with Gasteiger partial charge >= 0.3 is 0 Å². The standard InChI is InChI=1S/2C8H12O2.C7H10O.C6H8.C4H6.C3H4O.2CH4/c9-5-7-1-2-8(6-10)4-3-7;9-5-7-2-1-3-8(4-7)6-10;8-6-7-4-2-1-3-5-7;1-2-4-6-5-3-1;1-3-4-2;1-2-3-4;;/h2*5-8H,1-4H2;1-2,6-7H,3-5H2;1-2,5-6H,3-4H2;3-4H,1-2H2;2-3H,1H2;2*1H4. The summed E-state index contributed by atoms with van der Waals surface area (Å²) in [6, 6.07) is 0. The van der Waals surface area contributed by atoms with Crippen LogP contribution in [-0.2, 0) is 28.8 Å². The van der Waals surface area contributed by atoms with E-state index in [-0.39, 0.29) is 38.5 Å². The predicted octanol–water partition coefficient (Wildman–Crippen LogP) is 8.82. The topological polar surface area (TPSA) is 102 Å². The number of rotatable bonds is 7. The van der Waals surface area contributed by atoms with Crippen LogP contribution in [0, 0.1) is 29.6 Å². The Kier molecular flexibility index (Phi) is 40.4. The first kappa shape index (κ1) is 47.4. The Balaban J connectivity index is -0.000000224. The van der Waals surface area contributed by atoms with Crippen LogP contribution in [-0.4, -0.2) is 37.7 Å². The van der Waals surface area contributed by atoms with Gasteiger partial charge in [0.15, 0.2) is 0 Å². The van der Waals surface area contributed by atoms with Gasteiger partial charge in [0.05, 0.1) is 0 Å². The summed E-state index contributed by atoms with van der Waals surface area (Å²) in [6.07, 6.45) is 35.9. The van der Waals surface area contributed by atoms with Crippen LogP contribution in [0.1, 0.15) is 98.3 Å². The number of aldehydes is 6. The lowest BCUT2D eigenvalue weighted by atomic mass is 9.83. The Bertz CT molecular complexity index is 771. The van der Waals surface area contributed by atoms with Crippen molar-refractivity contribution < 1.29 is 28.8 Å². The van der Waals surface area contributed by atoms with Crippen LogP contribution in [0.5, 0.6) is 0 Å². The maximum atomic E-state index is 10.3. The number of carbonyl (C=O) groups is 6. The summed E-state index contributed by atoms with van der Waals surface area (Å²) < 4.78 is 0. The molecule has 0 N–H and O–H groups in total. The molecule has 0 bridgehead atoms. The minimum absolute atomic E-state index is 0. The monoisotopic (exact) mass is 612 g/mol. The number of hydrogen-bond donors (Lipinski definition) is 0. The van der Waals surface area contributed by atoms with Crippen LogP contribution in [0.3, 0.4) is 0 Å². The van der Waals surface area contributed by atoms with Crippen molar-refractivity contribution in [2.45, 2.75) is 98.3 Å². The van der Waals surface area contributed by atoms with E-state index in [0.717, 1.165) is 115 Å². The van der Waals surface area contributed by atoms with Crippen LogP contribution >= 0.6 is 0 Å². The van der Waals surface area contributed by atoms with Gasteiger partial charge in [-0.3, -0.25) is 4.79 Å². The molecule has 0 heterocycles. The molecule has 0 radical (unpaired) electrons. The zero-order valence-corrected chi connectivity index (χ0v) is 25.3. The number of hydrogen-bond acceptors (Lipinski definition) is 6. The van der Waals surface area contributed by atoms with Crippen LogP contribution in [0.4, 0.5) is 0 Å². The van der Waals surface area contributed by atoms with E-state index in [1.54, 1.807) is 12.2 Å². The molecule has 44 heavy (non-hydrogen) atoms. The molecule has 0 aromatic rings. The number of allylic oxidation sites excluding steroid dienone is 9. The van der Waals surface area contributed by atoms with Gasteiger partial charge in [0, 0.05) is 29.6 Å². The molecule has 4 rings (SSSR count). The zero-order chi connectivity index (χ0) is 31.7. The molecule has 2 saturated carbocycles. The van der Waals surface area contributed by atoms with Crippen molar-refractivity contribution in [3.63, 3.8) is 0 Å². The van der Waals surface area contributed by atoms with E-state index in [2.05, 4.69) is 56.2 Å². The summed E-state index contributed by atoms with van der Waals surface area (Å²) in [4.78, 5) is 60.3. The first-order chi connectivity index (χ1) is 20.5. The Morgan fingerprint density at radius 3 is 1.07 bits per heavy atom. The van der Waals surface area contributed by atoms with Gasteiger partial charge in [-0.05, 0) is 83.1 Å². The molecular formula is C38H60O6. The van der Waals surface area contributed by atoms with Crippen molar-refractivity contribution in [1.29, 1.82) is 0 Å². The van der Waals surface area contributed by atoms with E-state index in [4.69, 9.17) is 4.79 Å². The third-order valence-corrected chi connectivity index (χ3v) is 6.98. The van der Waals surface area contributed by atoms with E-state index in [1.165, 1.54) is 6.08 Å². The zero-order valence-electron chi connectivity index (χ0n) is 25.3. The molecule has 3 unspecified atom stereocenters. The summed E-state index contributed by atoms with van der Waals surface area (Å²) in [6.45, 7) is 9.83. The minimum Gasteiger partial charge on any atom is -0.303 e. The van der Waals surface area contributed by atoms with E-state index in [9.17, 15) is 24.0 Å².